The fourth-order valence-corrected chi connectivity index (χ4v) is 4.38. The number of aromatic nitrogens is 2. The van der Waals surface area contributed by atoms with E-state index >= 15 is 0 Å². The third-order valence-electron chi connectivity index (χ3n) is 5.85. The minimum Gasteiger partial charge on any atom is -0.370 e. The van der Waals surface area contributed by atoms with Crippen molar-refractivity contribution in [2.24, 2.45) is 21.6 Å². The van der Waals surface area contributed by atoms with E-state index in [9.17, 15) is 30.7 Å². The summed E-state index contributed by atoms with van der Waals surface area (Å²) in [7, 11) is 0. The standard InChI is InChI=1S/C18H20F7N7/c19-15(20)3-1-9(5-15)17(11-7-27-8-12(29-11)18(23,24)25)31-13(26)30-14(32-17)28-10-2-4-16(21,22)6-10/h7-10H,1-6H2,(H4,26,28,30,31,32)/t9-,10-,17?/m0/s1. The number of alkyl halides is 7. The molecule has 0 spiro atoms. The molecule has 2 aliphatic carbocycles. The van der Waals surface area contributed by atoms with Crippen molar-refractivity contribution in [2.45, 2.75) is 68.3 Å². The minimum atomic E-state index is -4.83. The van der Waals surface area contributed by atoms with E-state index < -0.39 is 60.6 Å². The predicted octanol–water partition coefficient (Wildman–Crippen LogP) is 3.13. The lowest BCUT2D eigenvalue weighted by Crippen LogP contribution is -2.62. The van der Waals surface area contributed by atoms with Crippen LogP contribution >= 0.6 is 0 Å². The van der Waals surface area contributed by atoms with Gasteiger partial charge >= 0.3 is 6.18 Å². The highest BCUT2D eigenvalue weighted by Crippen LogP contribution is 2.48. The first kappa shape index (κ1) is 22.5. The molecule has 4 N–H and O–H groups in total. The Morgan fingerprint density at radius 3 is 2.31 bits per heavy atom. The first-order valence-corrected chi connectivity index (χ1v) is 9.92. The van der Waals surface area contributed by atoms with Gasteiger partial charge in [0.05, 0.1) is 18.4 Å². The van der Waals surface area contributed by atoms with Crippen LogP contribution in [0.4, 0.5) is 30.7 Å². The van der Waals surface area contributed by atoms with Gasteiger partial charge in [-0.15, -0.1) is 0 Å². The molecule has 0 aromatic carbocycles. The topological polar surface area (TPSA) is 101 Å². The highest BCUT2D eigenvalue weighted by molar-refractivity contribution is 6.00. The van der Waals surface area contributed by atoms with Gasteiger partial charge in [0.25, 0.3) is 0 Å². The predicted molar refractivity (Wildman–Crippen MR) is 98.9 cm³/mol. The first-order chi connectivity index (χ1) is 14.8. The molecule has 0 radical (unpaired) electrons. The van der Waals surface area contributed by atoms with Crippen LogP contribution in [0, 0.1) is 5.92 Å². The van der Waals surface area contributed by atoms with Crippen molar-refractivity contribution >= 4 is 11.9 Å². The second-order valence-electron chi connectivity index (χ2n) is 8.33. The summed E-state index contributed by atoms with van der Waals surface area (Å²) in [6.45, 7) is 0. The molecule has 14 heteroatoms. The Balaban J connectivity index is 1.77. The summed E-state index contributed by atoms with van der Waals surface area (Å²) in [5, 5.41) is 5.30. The Hall–Kier alpha value is -2.67. The Kier molecular flexibility index (Phi) is 5.24. The van der Waals surface area contributed by atoms with Gasteiger partial charge in [-0.3, -0.25) is 10.3 Å². The highest BCUT2D eigenvalue weighted by atomic mass is 19.4. The maximum Gasteiger partial charge on any atom is 0.434 e. The fraction of sp³-hybridized carbons (Fsp3) is 0.667. The van der Waals surface area contributed by atoms with Gasteiger partial charge in [0.15, 0.2) is 17.3 Å². The Bertz CT molecular complexity index is 946. The maximum absolute atomic E-state index is 14.1. The summed E-state index contributed by atoms with van der Waals surface area (Å²) in [4.78, 5) is 15.5. The van der Waals surface area contributed by atoms with Gasteiger partial charge in [-0.2, -0.15) is 13.2 Å². The molecular formula is C18H20F7N7. The van der Waals surface area contributed by atoms with Gasteiger partial charge in [0.1, 0.15) is 5.69 Å². The Labute approximate surface area is 177 Å². The molecule has 0 amide bonds. The molecule has 1 aromatic rings. The SMILES string of the molecule is NC1=NC(c2cncc(C(F)(F)F)n2)([C@H]2CCC(F)(F)C2)NC(=N[C@H]2CCC(F)(F)C2)N1. The van der Waals surface area contributed by atoms with E-state index in [0.717, 1.165) is 6.20 Å². The van der Waals surface area contributed by atoms with E-state index in [2.05, 4.69) is 30.6 Å². The number of nitrogens with one attached hydrogen (secondary N) is 2. The van der Waals surface area contributed by atoms with Crippen LogP contribution in [0.5, 0.6) is 0 Å². The molecule has 1 unspecified atom stereocenters. The van der Waals surface area contributed by atoms with Crippen LogP contribution in [0.1, 0.15) is 49.9 Å². The largest absolute Gasteiger partial charge is 0.434 e. The Morgan fingerprint density at radius 1 is 1.03 bits per heavy atom. The molecule has 32 heavy (non-hydrogen) atoms. The fourth-order valence-electron chi connectivity index (χ4n) is 4.38. The van der Waals surface area contributed by atoms with Crippen LogP contribution in [0.25, 0.3) is 0 Å². The van der Waals surface area contributed by atoms with Gasteiger partial charge in [0.2, 0.25) is 17.8 Å². The molecule has 0 saturated heterocycles. The van der Waals surface area contributed by atoms with Crippen molar-refractivity contribution < 1.29 is 30.7 Å². The number of hydrogen-bond donors (Lipinski definition) is 3. The molecule has 2 heterocycles. The number of nitrogens with zero attached hydrogens (tertiary/aromatic N) is 4. The Morgan fingerprint density at radius 2 is 1.72 bits per heavy atom. The van der Waals surface area contributed by atoms with Crippen molar-refractivity contribution in [3.8, 4) is 0 Å². The molecule has 2 fully saturated rings. The summed E-state index contributed by atoms with van der Waals surface area (Å²) in [6.07, 6.45) is -5.43. The third kappa shape index (κ3) is 4.44. The summed E-state index contributed by atoms with van der Waals surface area (Å²) in [5.74, 6) is -7.42. The van der Waals surface area contributed by atoms with E-state index in [1.807, 2.05) is 0 Å². The maximum atomic E-state index is 14.1. The van der Waals surface area contributed by atoms with Gasteiger partial charge in [-0.25, -0.2) is 32.5 Å². The molecule has 1 aliphatic heterocycles. The normalized spacial score (nSPS) is 33.0. The van der Waals surface area contributed by atoms with Crippen molar-refractivity contribution in [1.29, 1.82) is 0 Å². The van der Waals surface area contributed by atoms with Crippen LogP contribution < -0.4 is 16.4 Å². The molecular weight excluding hydrogens is 447 g/mol. The summed E-state index contributed by atoms with van der Waals surface area (Å²) in [5.41, 5.74) is 2.21. The van der Waals surface area contributed by atoms with Gasteiger partial charge < -0.3 is 11.1 Å². The van der Waals surface area contributed by atoms with Crippen LogP contribution in [-0.4, -0.2) is 39.8 Å². The van der Waals surface area contributed by atoms with Gasteiger partial charge in [-0.05, 0) is 12.8 Å². The van der Waals surface area contributed by atoms with E-state index in [1.54, 1.807) is 0 Å². The third-order valence-corrected chi connectivity index (χ3v) is 5.85. The monoisotopic (exact) mass is 467 g/mol. The summed E-state index contributed by atoms with van der Waals surface area (Å²) in [6, 6.07) is -0.791. The van der Waals surface area contributed by atoms with Crippen LogP contribution in [0.2, 0.25) is 0 Å². The summed E-state index contributed by atoms with van der Waals surface area (Å²) < 4.78 is 95.0. The molecule has 176 valence electrons. The number of aliphatic imine (C=N–C) groups is 2. The molecule has 1 aromatic heterocycles. The zero-order chi connectivity index (χ0) is 23.4. The lowest BCUT2D eigenvalue weighted by molar-refractivity contribution is -0.141. The number of hydrogen-bond acceptors (Lipinski definition) is 5. The molecule has 2 saturated carbocycles. The van der Waals surface area contributed by atoms with E-state index in [0.29, 0.717) is 6.20 Å². The number of guanidine groups is 2. The van der Waals surface area contributed by atoms with E-state index in [1.165, 1.54) is 0 Å². The smallest absolute Gasteiger partial charge is 0.370 e. The van der Waals surface area contributed by atoms with Crippen LogP contribution in [0.15, 0.2) is 22.4 Å². The lowest BCUT2D eigenvalue weighted by atomic mass is 9.87. The number of nitrogens with two attached hydrogens (primary N) is 1. The van der Waals surface area contributed by atoms with Crippen LogP contribution in [-0.2, 0) is 11.8 Å². The van der Waals surface area contributed by atoms with E-state index in [-0.39, 0.29) is 36.9 Å². The van der Waals surface area contributed by atoms with Gasteiger partial charge in [0, 0.05) is 31.6 Å². The number of rotatable bonds is 3. The molecule has 4 rings (SSSR count). The zero-order valence-corrected chi connectivity index (χ0v) is 16.6. The van der Waals surface area contributed by atoms with E-state index in [4.69, 9.17) is 5.73 Å². The van der Waals surface area contributed by atoms with Gasteiger partial charge in [-0.1, -0.05) is 0 Å². The highest BCUT2D eigenvalue weighted by Gasteiger charge is 2.54. The minimum absolute atomic E-state index is 0.0781. The quantitative estimate of drug-likeness (QED) is 0.594. The average molecular weight is 467 g/mol. The van der Waals surface area contributed by atoms with Crippen molar-refractivity contribution in [3.05, 3.63) is 23.8 Å². The van der Waals surface area contributed by atoms with Crippen LogP contribution in [0.3, 0.4) is 0 Å². The van der Waals surface area contributed by atoms with Crippen molar-refractivity contribution in [2.75, 3.05) is 0 Å². The molecule has 3 atom stereocenters. The van der Waals surface area contributed by atoms with Crippen molar-refractivity contribution in [1.82, 2.24) is 20.6 Å². The molecule has 7 nitrogen and oxygen atoms in total. The summed E-state index contributed by atoms with van der Waals surface area (Å²) >= 11 is 0. The first-order valence-electron chi connectivity index (χ1n) is 9.92. The number of halogens is 7. The van der Waals surface area contributed by atoms with Crippen molar-refractivity contribution in [3.63, 3.8) is 0 Å². The molecule has 0 bridgehead atoms. The lowest BCUT2D eigenvalue weighted by Gasteiger charge is -2.40. The second-order valence-corrected chi connectivity index (χ2v) is 8.33. The average Bonchev–Trinajstić information content (AvgIpc) is 3.21. The molecule has 3 aliphatic rings. The second kappa shape index (κ2) is 7.44. The zero-order valence-electron chi connectivity index (χ0n) is 16.6.